The van der Waals surface area contributed by atoms with E-state index in [9.17, 15) is 8.42 Å². The van der Waals surface area contributed by atoms with Crippen LogP contribution in [0.2, 0.25) is 0 Å². The molecule has 0 saturated heterocycles. The Hall–Kier alpha value is -1.08. The number of hydrogen-bond acceptors (Lipinski definition) is 5. The van der Waals surface area contributed by atoms with E-state index in [4.69, 9.17) is 10.9 Å². The van der Waals surface area contributed by atoms with Gasteiger partial charge in [0.2, 0.25) is 10.0 Å². The predicted octanol–water partition coefficient (Wildman–Crippen LogP) is -0.787. The fourth-order valence-corrected chi connectivity index (χ4v) is 1.49. The van der Waals surface area contributed by atoms with Crippen molar-refractivity contribution in [1.82, 2.24) is 5.16 Å². The number of anilines is 1. The molecule has 0 bridgehead atoms. The van der Waals surface area contributed by atoms with Crippen LogP contribution in [-0.2, 0) is 10.0 Å². The monoisotopic (exact) mass is 177 g/mol. The van der Waals surface area contributed by atoms with Gasteiger partial charge in [-0.15, -0.1) is 0 Å². The Morgan fingerprint density at radius 3 is 2.27 bits per heavy atom. The first kappa shape index (κ1) is 8.02. The Morgan fingerprint density at radius 1 is 1.55 bits per heavy atom. The summed E-state index contributed by atoms with van der Waals surface area (Å²) in [6.07, 6.45) is 0. The maximum atomic E-state index is 10.7. The third-order valence-corrected chi connectivity index (χ3v) is 2.18. The first-order valence-electron chi connectivity index (χ1n) is 2.67. The highest BCUT2D eigenvalue weighted by atomic mass is 32.2. The van der Waals surface area contributed by atoms with Crippen molar-refractivity contribution in [3.8, 4) is 0 Å². The van der Waals surface area contributed by atoms with Crippen LogP contribution >= 0.6 is 0 Å². The molecule has 62 valence electrons. The van der Waals surface area contributed by atoms with Crippen molar-refractivity contribution in [3.63, 3.8) is 0 Å². The van der Waals surface area contributed by atoms with Crippen LogP contribution in [0.25, 0.3) is 0 Å². The maximum absolute atomic E-state index is 10.7. The van der Waals surface area contributed by atoms with Gasteiger partial charge >= 0.3 is 0 Å². The Balaban J connectivity index is 3.45. The molecular weight excluding hydrogens is 170 g/mol. The molecule has 1 rings (SSSR count). The molecule has 0 aromatic carbocycles. The minimum absolute atomic E-state index is 0.102. The molecule has 0 aliphatic carbocycles. The summed E-state index contributed by atoms with van der Waals surface area (Å²) in [5.41, 5.74) is 5.16. The van der Waals surface area contributed by atoms with Crippen molar-refractivity contribution in [2.45, 2.75) is 11.8 Å². The lowest BCUT2D eigenvalue weighted by Gasteiger charge is -1.92. The highest BCUT2D eigenvalue weighted by Crippen LogP contribution is 2.18. The van der Waals surface area contributed by atoms with E-state index in [2.05, 4.69) is 9.68 Å². The van der Waals surface area contributed by atoms with Crippen molar-refractivity contribution in [3.05, 3.63) is 5.76 Å². The molecule has 1 aromatic heterocycles. The first-order chi connectivity index (χ1) is 4.93. The standard InChI is InChI=1S/C4H7N3O3S/c1-2-3(11(6,8)9)4(5)7-10-2/h1H3,(H2,5,7)(H2,6,8,9). The zero-order valence-electron chi connectivity index (χ0n) is 5.73. The smallest absolute Gasteiger partial charge is 0.245 e. The molecule has 4 N–H and O–H groups in total. The lowest BCUT2D eigenvalue weighted by atomic mass is 10.5. The highest BCUT2D eigenvalue weighted by molar-refractivity contribution is 7.89. The van der Waals surface area contributed by atoms with Gasteiger partial charge in [-0.05, 0) is 6.92 Å². The minimum Gasteiger partial charge on any atom is -0.380 e. The van der Waals surface area contributed by atoms with Gasteiger partial charge in [0.15, 0.2) is 16.5 Å². The van der Waals surface area contributed by atoms with E-state index < -0.39 is 10.0 Å². The maximum Gasteiger partial charge on any atom is 0.245 e. The van der Waals surface area contributed by atoms with E-state index in [0.29, 0.717) is 0 Å². The second kappa shape index (κ2) is 2.21. The second-order valence-electron chi connectivity index (χ2n) is 2.00. The number of aryl methyl sites for hydroxylation is 1. The molecule has 6 nitrogen and oxygen atoms in total. The van der Waals surface area contributed by atoms with Gasteiger partial charge < -0.3 is 10.3 Å². The number of primary sulfonamides is 1. The van der Waals surface area contributed by atoms with Crippen LogP contribution in [0.15, 0.2) is 9.42 Å². The van der Waals surface area contributed by atoms with Crippen LogP contribution in [0.1, 0.15) is 5.76 Å². The minimum atomic E-state index is -3.80. The van der Waals surface area contributed by atoms with Crippen molar-refractivity contribution in [2.24, 2.45) is 5.14 Å². The molecule has 1 aromatic rings. The van der Waals surface area contributed by atoms with Gasteiger partial charge in [-0.1, -0.05) is 5.16 Å². The lowest BCUT2D eigenvalue weighted by molar-refractivity contribution is 0.396. The Labute approximate surface area is 63.2 Å². The van der Waals surface area contributed by atoms with Crippen molar-refractivity contribution < 1.29 is 12.9 Å². The summed E-state index contributed by atoms with van der Waals surface area (Å²) in [4.78, 5) is -0.238. The number of aromatic nitrogens is 1. The molecule has 7 heteroatoms. The van der Waals surface area contributed by atoms with Crippen LogP contribution < -0.4 is 10.9 Å². The second-order valence-corrected chi connectivity index (χ2v) is 3.50. The largest absolute Gasteiger partial charge is 0.380 e. The fourth-order valence-electron chi connectivity index (χ4n) is 0.727. The van der Waals surface area contributed by atoms with E-state index in [1.54, 1.807) is 0 Å². The lowest BCUT2D eigenvalue weighted by Crippen LogP contribution is -2.14. The molecule has 11 heavy (non-hydrogen) atoms. The fraction of sp³-hybridized carbons (Fsp3) is 0.250. The summed E-state index contributed by atoms with van der Waals surface area (Å²) < 4.78 is 26.0. The average molecular weight is 177 g/mol. The molecule has 0 amide bonds. The number of rotatable bonds is 1. The molecule has 0 aliphatic rings. The summed E-state index contributed by atoms with van der Waals surface area (Å²) in [6.45, 7) is 1.42. The van der Waals surface area contributed by atoms with Crippen LogP contribution in [0.4, 0.5) is 5.82 Å². The van der Waals surface area contributed by atoms with Crippen molar-refractivity contribution >= 4 is 15.8 Å². The van der Waals surface area contributed by atoms with E-state index in [0.717, 1.165) is 0 Å². The topological polar surface area (TPSA) is 112 Å². The molecule has 0 radical (unpaired) electrons. The third-order valence-electron chi connectivity index (χ3n) is 1.12. The average Bonchev–Trinajstić information content (AvgIpc) is 2.08. The molecule has 0 unspecified atom stereocenters. The Bertz CT molecular complexity index is 346. The number of nitrogen functional groups attached to an aromatic ring is 1. The van der Waals surface area contributed by atoms with Gasteiger partial charge in [0, 0.05) is 0 Å². The summed E-state index contributed by atoms with van der Waals surface area (Å²) in [6, 6.07) is 0. The van der Waals surface area contributed by atoms with E-state index in [1.165, 1.54) is 6.92 Å². The van der Waals surface area contributed by atoms with Gasteiger partial charge in [-0.25, -0.2) is 13.6 Å². The van der Waals surface area contributed by atoms with Crippen LogP contribution in [0, 0.1) is 6.92 Å². The highest BCUT2D eigenvalue weighted by Gasteiger charge is 2.20. The first-order valence-corrected chi connectivity index (χ1v) is 4.22. The normalized spacial score (nSPS) is 11.8. The van der Waals surface area contributed by atoms with E-state index >= 15 is 0 Å². The van der Waals surface area contributed by atoms with Gasteiger partial charge in [-0.2, -0.15) is 0 Å². The van der Waals surface area contributed by atoms with E-state index in [1.807, 2.05) is 0 Å². The van der Waals surface area contributed by atoms with Crippen LogP contribution in [0.3, 0.4) is 0 Å². The summed E-state index contributed by atoms with van der Waals surface area (Å²) >= 11 is 0. The summed E-state index contributed by atoms with van der Waals surface area (Å²) in [5.74, 6) is -0.102. The van der Waals surface area contributed by atoms with Gasteiger partial charge in [0.25, 0.3) is 0 Å². The third kappa shape index (κ3) is 1.33. The quantitative estimate of drug-likeness (QED) is 0.583. The van der Waals surface area contributed by atoms with Crippen molar-refractivity contribution in [2.75, 3.05) is 5.73 Å². The zero-order chi connectivity index (χ0) is 8.65. The molecule has 1 heterocycles. The summed E-state index contributed by atoms with van der Waals surface area (Å²) in [7, 11) is -3.80. The molecule has 0 atom stereocenters. The molecule has 0 saturated carbocycles. The zero-order valence-corrected chi connectivity index (χ0v) is 6.55. The van der Waals surface area contributed by atoms with Crippen LogP contribution in [-0.4, -0.2) is 13.6 Å². The molecule has 0 aliphatic heterocycles. The van der Waals surface area contributed by atoms with Gasteiger partial charge in [0.05, 0.1) is 0 Å². The molecular formula is C4H7N3O3S. The van der Waals surface area contributed by atoms with Crippen molar-refractivity contribution in [1.29, 1.82) is 0 Å². The Morgan fingerprint density at radius 2 is 2.09 bits per heavy atom. The summed E-state index contributed by atoms with van der Waals surface area (Å²) in [5, 5.41) is 8.02. The number of hydrogen-bond donors (Lipinski definition) is 2. The molecule has 0 spiro atoms. The Kier molecular flexibility index (Phi) is 1.61. The van der Waals surface area contributed by atoms with Crippen LogP contribution in [0.5, 0.6) is 0 Å². The number of nitrogens with zero attached hydrogens (tertiary/aromatic N) is 1. The number of nitrogens with two attached hydrogens (primary N) is 2. The van der Waals surface area contributed by atoms with E-state index in [-0.39, 0.29) is 16.5 Å². The SMILES string of the molecule is Cc1onc(N)c1S(N)(=O)=O. The number of sulfonamides is 1. The predicted molar refractivity (Wildman–Crippen MR) is 37.0 cm³/mol. The molecule has 0 fully saturated rings. The van der Waals surface area contributed by atoms with Gasteiger partial charge in [0.1, 0.15) is 0 Å². The van der Waals surface area contributed by atoms with Gasteiger partial charge in [-0.3, -0.25) is 0 Å².